The summed E-state index contributed by atoms with van der Waals surface area (Å²) in [6.07, 6.45) is 0. The topological polar surface area (TPSA) is 0 Å². The molecule has 0 saturated carbocycles. The molecule has 0 rings (SSSR count). The monoisotopic (exact) mass is 110 g/mol. The fraction of sp³-hybridized carbons (Fsp3) is 0. The largest absolute Gasteiger partial charge is 0.110 e. The number of hydrogen-bond donors (Lipinski definition) is 0. The Balaban J connectivity index is 2.30. The van der Waals surface area contributed by atoms with Crippen molar-refractivity contribution < 1.29 is 0 Å². The molecule has 0 radical (unpaired) electrons. The van der Waals surface area contributed by atoms with Crippen LogP contribution in [-0.4, -0.2) is 5.11 Å². The Morgan fingerprint density at radius 2 is 2.25 bits per heavy atom. The highest BCUT2D eigenvalue weighted by atomic mass is 32.1. The first-order chi connectivity index (χ1) is 1.91. The first-order valence-corrected chi connectivity index (χ1v) is 4.17. The van der Waals surface area contributed by atoms with E-state index < -0.39 is 0 Å². The lowest BCUT2D eigenvalue weighted by Crippen LogP contribution is -1.19. The van der Waals surface area contributed by atoms with E-state index in [2.05, 4.69) is 21.1 Å². The minimum absolute atomic E-state index is 0.747. The highest BCUT2D eigenvalue weighted by Gasteiger charge is 1.46. The van der Waals surface area contributed by atoms with E-state index in [9.17, 15) is 0 Å². The summed E-state index contributed by atoms with van der Waals surface area (Å²) in [7, 11) is 3.27. The van der Waals surface area contributed by atoms with Gasteiger partial charge in [0.2, 0.25) is 0 Å². The number of thiocarbonyl (C=S) groups is 1. The Bertz CT molecular complexity index is 20.0. The Hall–Kier alpha value is 0.950. The van der Waals surface area contributed by atoms with Gasteiger partial charge in [0.05, 0.1) is 0 Å². The Labute approximate surface area is 35.2 Å². The maximum Gasteiger partial charge on any atom is 0.00345 e. The molecule has 0 aromatic heterocycles. The van der Waals surface area contributed by atoms with Crippen molar-refractivity contribution in [3.63, 3.8) is 0 Å². The van der Waals surface area contributed by atoms with E-state index in [1.165, 1.54) is 0 Å². The molecule has 0 heterocycles. The van der Waals surface area contributed by atoms with Gasteiger partial charge in [-0.25, -0.2) is 0 Å². The van der Waals surface area contributed by atoms with Crippen LogP contribution in [0.4, 0.5) is 0 Å². The van der Waals surface area contributed by atoms with Crippen LogP contribution < -0.4 is 0 Å². The molecular weight excluding hydrogens is 106 g/mol. The maximum absolute atomic E-state index is 4.42. The van der Waals surface area contributed by atoms with Gasteiger partial charge in [-0.15, -0.1) is 8.93 Å². The average molecular weight is 110 g/mol. The third-order valence-electron chi connectivity index (χ3n) is 0.0680. The van der Waals surface area contributed by atoms with E-state index in [4.69, 9.17) is 0 Å². The van der Waals surface area contributed by atoms with Crippen molar-refractivity contribution in [2.75, 3.05) is 0 Å². The zero-order valence-corrected chi connectivity index (χ0v) is 5.03. The second-order valence-corrected chi connectivity index (χ2v) is 2.56. The normalized spacial score (nSPS) is 9.25. The molecule has 0 aliphatic rings. The van der Waals surface area contributed by atoms with E-state index in [0.717, 1.165) is 8.27 Å². The van der Waals surface area contributed by atoms with Gasteiger partial charge in [0, 0.05) is 5.11 Å². The molecule has 0 N–H and O–H groups in total. The van der Waals surface area contributed by atoms with Gasteiger partial charge in [0.15, 0.2) is 0 Å². The fourth-order valence-corrected chi connectivity index (χ4v) is 0. The molecule has 2 atom stereocenters. The highest BCUT2D eigenvalue weighted by Crippen LogP contribution is 2.13. The summed E-state index contributed by atoms with van der Waals surface area (Å²) >= 11 is 4.42. The molecule has 0 spiro atoms. The van der Waals surface area contributed by atoms with Gasteiger partial charge in [-0.05, 0) is 0 Å². The third kappa shape index (κ3) is 2.95. The first kappa shape index (κ1) is 4.95. The molecule has 3 heteroatoms. The van der Waals surface area contributed by atoms with E-state index in [0.29, 0.717) is 0 Å². The number of rotatable bonds is 1. The van der Waals surface area contributed by atoms with Gasteiger partial charge in [0.1, 0.15) is 0 Å². The third-order valence-corrected chi connectivity index (χ3v) is 1.84. The van der Waals surface area contributed by atoms with Crippen molar-refractivity contribution in [2.45, 2.75) is 0 Å². The fourth-order valence-electron chi connectivity index (χ4n) is 0. The highest BCUT2D eigenvalue weighted by molar-refractivity contribution is 8.16. The van der Waals surface area contributed by atoms with Crippen molar-refractivity contribution in [1.82, 2.24) is 0 Å². The van der Waals surface area contributed by atoms with Crippen LogP contribution in [0.1, 0.15) is 0 Å². The van der Waals surface area contributed by atoms with Crippen LogP contribution in [0.3, 0.4) is 0 Å². The summed E-state index contributed by atoms with van der Waals surface area (Å²) in [5.41, 5.74) is 0. The average Bonchev–Trinajstić information content (AvgIpc) is 1.37. The lowest BCUT2D eigenvalue weighted by atomic mass is 11.9. The standard InChI is InChI=1S/CH4P2S/c2-3-1-4/h1,3H,2H2. The molecule has 24 valence electrons. The lowest BCUT2D eigenvalue weighted by molar-refractivity contribution is 4.38. The van der Waals surface area contributed by atoms with Gasteiger partial charge in [-0.2, -0.15) is 0 Å². The molecule has 0 aliphatic carbocycles. The molecule has 0 fully saturated rings. The molecule has 0 amide bonds. The van der Waals surface area contributed by atoms with E-state index >= 15 is 0 Å². The van der Waals surface area contributed by atoms with Crippen LogP contribution in [0.15, 0.2) is 0 Å². The van der Waals surface area contributed by atoms with Crippen LogP contribution in [-0.2, 0) is 0 Å². The lowest BCUT2D eigenvalue weighted by Gasteiger charge is -1.57. The van der Waals surface area contributed by atoms with Gasteiger partial charge in [-0.1, -0.05) is 20.5 Å². The van der Waals surface area contributed by atoms with Gasteiger partial charge >= 0.3 is 0 Å². The Kier molecular flexibility index (Phi) is 4.89. The van der Waals surface area contributed by atoms with Crippen LogP contribution in [0, 0.1) is 0 Å². The molecule has 0 aliphatic heterocycles. The minimum Gasteiger partial charge on any atom is -0.110 e. The van der Waals surface area contributed by atoms with Crippen molar-refractivity contribution in [3.8, 4) is 0 Å². The SMILES string of the molecule is PPC=S. The predicted octanol–water partition coefficient (Wildman–Crippen LogP) is 1.41. The molecule has 0 aromatic carbocycles. The van der Waals surface area contributed by atoms with Crippen LogP contribution >= 0.6 is 29.4 Å². The second kappa shape index (κ2) is 3.95. The zero-order chi connectivity index (χ0) is 3.41. The molecule has 0 nitrogen and oxygen atoms in total. The van der Waals surface area contributed by atoms with E-state index in [-0.39, 0.29) is 0 Å². The quantitative estimate of drug-likeness (QED) is 0.363. The summed E-state index contributed by atoms with van der Waals surface area (Å²) in [5.74, 6) is 0. The minimum atomic E-state index is 0.747. The van der Waals surface area contributed by atoms with Crippen molar-refractivity contribution in [3.05, 3.63) is 0 Å². The summed E-state index contributed by atoms with van der Waals surface area (Å²) in [5, 5.41) is 1.70. The molecular formula is CH4P2S. The second-order valence-electron chi connectivity index (χ2n) is 0.285. The molecule has 0 saturated heterocycles. The van der Waals surface area contributed by atoms with Crippen LogP contribution in [0.5, 0.6) is 0 Å². The van der Waals surface area contributed by atoms with E-state index in [1.807, 2.05) is 0 Å². The first-order valence-electron chi connectivity index (χ1n) is 0.813. The van der Waals surface area contributed by atoms with Crippen LogP contribution in [0.2, 0.25) is 0 Å². The predicted molar refractivity (Wildman–Crippen MR) is 31.7 cm³/mol. The van der Waals surface area contributed by atoms with Crippen molar-refractivity contribution >= 4 is 34.5 Å². The maximum atomic E-state index is 4.42. The summed E-state index contributed by atoms with van der Waals surface area (Å²) < 4.78 is 0. The molecule has 0 bridgehead atoms. The van der Waals surface area contributed by atoms with Gasteiger partial charge < -0.3 is 0 Å². The smallest absolute Gasteiger partial charge is 0.00345 e. The van der Waals surface area contributed by atoms with Gasteiger partial charge in [-0.3, -0.25) is 0 Å². The summed E-state index contributed by atoms with van der Waals surface area (Å²) in [6.45, 7) is 0. The number of hydrogen-bond acceptors (Lipinski definition) is 1. The molecule has 0 aromatic rings. The summed E-state index contributed by atoms with van der Waals surface area (Å²) in [4.78, 5) is 0. The zero-order valence-electron chi connectivity index (χ0n) is 2.06. The van der Waals surface area contributed by atoms with Crippen molar-refractivity contribution in [1.29, 1.82) is 0 Å². The Morgan fingerprint density at radius 3 is 2.25 bits per heavy atom. The molecule has 2 unspecified atom stereocenters. The molecule has 4 heavy (non-hydrogen) atoms. The Morgan fingerprint density at radius 1 is 2.00 bits per heavy atom. The van der Waals surface area contributed by atoms with Gasteiger partial charge in [0.25, 0.3) is 0 Å². The van der Waals surface area contributed by atoms with Crippen molar-refractivity contribution in [2.24, 2.45) is 0 Å². The van der Waals surface area contributed by atoms with Crippen LogP contribution in [0.25, 0.3) is 0 Å². The van der Waals surface area contributed by atoms with E-state index in [1.54, 1.807) is 5.11 Å². The summed E-state index contributed by atoms with van der Waals surface area (Å²) in [6, 6.07) is 0.